The van der Waals surface area contributed by atoms with E-state index in [-0.39, 0.29) is 31.1 Å². The van der Waals surface area contributed by atoms with E-state index in [4.69, 9.17) is 14.2 Å². The molecule has 0 aliphatic heterocycles. The lowest BCUT2D eigenvalue weighted by Crippen LogP contribution is -2.30. The van der Waals surface area contributed by atoms with Gasteiger partial charge in [-0.3, -0.25) is 14.4 Å². The lowest BCUT2D eigenvalue weighted by molar-refractivity contribution is -0.167. The molecule has 83 heavy (non-hydrogen) atoms. The average molecular weight is 1160 g/mol. The molecule has 1 unspecified atom stereocenters. The van der Waals surface area contributed by atoms with Gasteiger partial charge in [-0.15, -0.1) is 0 Å². The molecule has 0 rings (SSSR count). The first kappa shape index (κ1) is 79.6. The predicted octanol–water partition coefficient (Wildman–Crippen LogP) is 25.0. The van der Waals surface area contributed by atoms with Crippen molar-refractivity contribution in [3.8, 4) is 0 Å². The van der Waals surface area contributed by atoms with Crippen molar-refractivity contribution < 1.29 is 28.6 Å². The highest BCUT2D eigenvalue weighted by atomic mass is 16.6. The highest BCUT2D eigenvalue weighted by Crippen LogP contribution is 2.18. The van der Waals surface area contributed by atoms with Crippen LogP contribution in [-0.2, 0) is 28.6 Å². The molecule has 0 amide bonds. The van der Waals surface area contributed by atoms with Crippen LogP contribution in [0.3, 0.4) is 0 Å². The second-order valence-corrected chi connectivity index (χ2v) is 24.1. The Morgan fingerprint density at radius 3 is 0.735 bits per heavy atom. The average Bonchev–Trinajstić information content (AvgIpc) is 3.49. The van der Waals surface area contributed by atoms with E-state index in [9.17, 15) is 14.4 Å². The van der Waals surface area contributed by atoms with Gasteiger partial charge in [-0.25, -0.2) is 0 Å². The summed E-state index contributed by atoms with van der Waals surface area (Å²) in [6, 6.07) is 0. The zero-order valence-corrected chi connectivity index (χ0v) is 55.2. The number of rotatable bonds is 66. The topological polar surface area (TPSA) is 78.9 Å². The molecule has 0 aromatic heterocycles. The SMILES string of the molecule is CC/C=C\C/C=C\C/C=C\C/C=C\C/C=C\C/C=C\C/C=C\CCCCCCCC(=O)OCC(COC(=O)CCCCCCCCCCCCCCCCCCC)OC(=O)CCCCCCCCCCCCCCCCCCCCCCC. The molecule has 0 aromatic carbocycles. The highest BCUT2D eigenvalue weighted by molar-refractivity contribution is 5.71. The van der Waals surface area contributed by atoms with Crippen LogP contribution < -0.4 is 0 Å². The van der Waals surface area contributed by atoms with Crippen LogP contribution in [0, 0.1) is 0 Å². The molecule has 0 aliphatic rings. The fourth-order valence-corrected chi connectivity index (χ4v) is 10.5. The Kier molecular flexibility index (Phi) is 68.2. The maximum absolute atomic E-state index is 13.0. The molecule has 0 radical (unpaired) electrons. The number of carbonyl (C=O) groups is 3. The molecule has 0 saturated heterocycles. The fraction of sp³-hybridized carbons (Fsp3) is 0.779. The standard InChI is InChI=1S/C77H136O6/c1-4-7-10-13-16-19-22-25-28-31-33-35-36-37-38-39-40-42-43-46-49-52-55-58-61-64-67-70-76(79)82-73-74(72-81-75(78)69-66-63-60-57-54-51-48-45-30-27-24-21-18-15-12-9-6-3)83-77(80)71-68-65-62-59-56-53-50-47-44-41-34-32-29-26-23-20-17-14-11-8-5-2/h7,10,16,19,25,28,33,35,37-38,40,42,46,49,74H,4-6,8-9,11-15,17-18,20-24,26-27,29-32,34,36,39,41,43-45,47-48,50-73H2,1-3H3/b10-7-,19-16-,28-25-,35-33-,38-37-,42-40-,49-46-. The molecule has 0 bridgehead atoms. The molecule has 1 atom stereocenters. The molecule has 6 heteroatoms. The number of allylic oxidation sites excluding steroid dienone is 14. The summed E-state index contributed by atoms with van der Waals surface area (Å²) in [7, 11) is 0. The van der Waals surface area contributed by atoms with Gasteiger partial charge in [-0.1, -0.05) is 356 Å². The fourth-order valence-electron chi connectivity index (χ4n) is 10.5. The minimum absolute atomic E-state index is 0.0774. The summed E-state index contributed by atoms with van der Waals surface area (Å²) in [5, 5.41) is 0. The largest absolute Gasteiger partial charge is 0.462 e. The van der Waals surface area contributed by atoms with E-state index in [1.54, 1.807) is 0 Å². The summed E-state index contributed by atoms with van der Waals surface area (Å²) >= 11 is 0. The predicted molar refractivity (Wildman–Crippen MR) is 362 cm³/mol. The zero-order valence-electron chi connectivity index (χ0n) is 55.2. The van der Waals surface area contributed by atoms with Crippen molar-refractivity contribution in [3.05, 3.63) is 85.1 Å². The van der Waals surface area contributed by atoms with Crippen LogP contribution in [0.1, 0.15) is 367 Å². The molecule has 0 heterocycles. The number of esters is 3. The lowest BCUT2D eigenvalue weighted by atomic mass is 10.0. The van der Waals surface area contributed by atoms with Gasteiger partial charge in [0, 0.05) is 19.3 Å². The summed E-state index contributed by atoms with van der Waals surface area (Å²) in [5.41, 5.74) is 0. The first-order chi connectivity index (χ1) is 41.0. The molecule has 0 fully saturated rings. The molecule has 0 aliphatic carbocycles. The van der Waals surface area contributed by atoms with E-state index in [1.807, 2.05) is 0 Å². The van der Waals surface area contributed by atoms with Gasteiger partial charge in [-0.2, -0.15) is 0 Å². The van der Waals surface area contributed by atoms with Gasteiger partial charge in [0.1, 0.15) is 13.2 Å². The van der Waals surface area contributed by atoms with E-state index >= 15 is 0 Å². The van der Waals surface area contributed by atoms with Gasteiger partial charge < -0.3 is 14.2 Å². The van der Waals surface area contributed by atoms with Crippen LogP contribution in [0.25, 0.3) is 0 Å². The molecular weight excluding hydrogens is 1020 g/mol. The third-order valence-corrected chi connectivity index (χ3v) is 15.9. The Balaban J connectivity index is 4.37. The maximum atomic E-state index is 13.0. The van der Waals surface area contributed by atoms with E-state index in [1.165, 1.54) is 205 Å². The summed E-state index contributed by atoms with van der Waals surface area (Å²) in [6.45, 7) is 6.58. The van der Waals surface area contributed by atoms with Crippen molar-refractivity contribution in [2.45, 2.75) is 374 Å². The minimum Gasteiger partial charge on any atom is -0.462 e. The third-order valence-electron chi connectivity index (χ3n) is 15.9. The number of carbonyl (C=O) groups excluding carboxylic acids is 3. The van der Waals surface area contributed by atoms with Crippen molar-refractivity contribution in [2.75, 3.05) is 13.2 Å². The van der Waals surface area contributed by atoms with Crippen LogP contribution in [0.2, 0.25) is 0 Å². The van der Waals surface area contributed by atoms with Gasteiger partial charge >= 0.3 is 17.9 Å². The van der Waals surface area contributed by atoms with Gasteiger partial charge in [0.15, 0.2) is 6.10 Å². The van der Waals surface area contributed by atoms with Gasteiger partial charge in [0.2, 0.25) is 0 Å². The Morgan fingerprint density at radius 2 is 0.470 bits per heavy atom. The van der Waals surface area contributed by atoms with E-state index in [0.717, 1.165) is 122 Å². The van der Waals surface area contributed by atoms with Crippen LogP contribution in [0.5, 0.6) is 0 Å². The molecule has 0 spiro atoms. The molecule has 0 saturated carbocycles. The highest BCUT2D eigenvalue weighted by Gasteiger charge is 2.19. The number of hydrogen-bond donors (Lipinski definition) is 0. The van der Waals surface area contributed by atoms with Crippen molar-refractivity contribution in [3.63, 3.8) is 0 Å². The lowest BCUT2D eigenvalue weighted by Gasteiger charge is -2.18. The minimum atomic E-state index is -0.784. The normalized spacial score (nSPS) is 12.6. The van der Waals surface area contributed by atoms with Gasteiger partial charge in [0.25, 0.3) is 0 Å². The van der Waals surface area contributed by atoms with Gasteiger partial charge in [-0.05, 0) is 77.0 Å². The first-order valence-electron chi connectivity index (χ1n) is 36.1. The van der Waals surface area contributed by atoms with Crippen molar-refractivity contribution in [1.82, 2.24) is 0 Å². The van der Waals surface area contributed by atoms with Crippen LogP contribution >= 0.6 is 0 Å². The van der Waals surface area contributed by atoms with Crippen molar-refractivity contribution in [2.24, 2.45) is 0 Å². The molecule has 0 aromatic rings. The van der Waals surface area contributed by atoms with Crippen LogP contribution in [0.15, 0.2) is 85.1 Å². The summed E-state index contributed by atoms with van der Waals surface area (Å²) in [4.78, 5) is 38.5. The molecular formula is C77H136O6. The molecule has 480 valence electrons. The quantitative estimate of drug-likeness (QED) is 0.0261. The summed E-state index contributed by atoms with van der Waals surface area (Å²) in [6.07, 6.45) is 94.6. The van der Waals surface area contributed by atoms with Crippen molar-refractivity contribution in [1.29, 1.82) is 0 Å². The van der Waals surface area contributed by atoms with E-state index in [0.29, 0.717) is 19.3 Å². The second-order valence-electron chi connectivity index (χ2n) is 24.1. The zero-order chi connectivity index (χ0) is 59.9. The summed E-state index contributed by atoms with van der Waals surface area (Å²) < 4.78 is 17.0. The van der Waals surface area contributed by atoms with E-state index in [2.05, 4.69) is 106 Å². The monoisotopic (exact) mass is 1160 g/mol. The Morgan fingerprint density at radius 1 is 0.253 bits per heavy atom. The number of ether oxygens (including phenoxy) is 3. The van der Waals surface area contributed by atoms with Gasteiger partial charge in [0.05, 0.1) is 0 Å². The molecule has 0 N–H and O–H groups in total. The number of hydrogen-bond acceptors (Lipinski definition) is 6. The molecule has 6 nitrogen and oxygen atoms in total. The van der Waals surface area contributed by atoms with Crippen LogP contribution in [0.4, 0.5) is 0 Å². The Hall–Kier alpha value is -3.41. The Bertz CT molecular complexity index is 1570. The smallest absolute Gasteiger partial charge is 0.306 e. The summed E-state index contributed by atoms with van der Waals surface area (Å²) in [5.74, 6) is -0.873. The third kappa shape index (κ3) is 69.3. The maximum Gasteiger partial charge on any atom is 0.306 e. The second kappa shape index (κ2) is 71.1. The number of unbranched alkanes of at least 4 members (excludes halogenated alkanes) is 41. The Labute approximate surface area is 515 Å². The van der Waals surface area contributed by atoms with Crippen molar-refractivity contribution >= 4 is 17.9 Å². The van der Waals surface area contributed by atoms with Crippen LogP contribution in [-0.4, -0.2) is 37.2 Å². The first-order valence-corrected chi connectivity index (χ1v) is 36.1. The van der Waals surface area contributed by atoms with E-state index < -0.39 is 6.10 Å².